The van der Waals surface area contributed by atoms with Gasteiger partial charge >= 0.3 is 0 Å². The van der Waals surface area contributed by atoms with Gasteiger partial charge in [-0.1, -0.05) is 11.6 Å². The topological polar surface area (TPSA) is 55.3 Å². The predicted octanol–water partition coefficient (Wildman–Crippen LogP) is 3.04. The van der Waals surface area contributed by atoms with Gasteiger partial charge in [-0.3, -0.25) is 4.79 Å². The molecule has 2 aliphatic heterocycles. The normalized spacial score (nSPS) is 21.9. The van der Waals surface area contributed by atoms with E-state index in [-0.39, 0.29) is 18.0 Å². The molecule has 5 nitrogen and oxygen atoms in total. The van der Waals surface area contributed by atoms with Crippen molar-refractivity contribution in [2.75, 3.05) is 7.11 Å². The van der Waals surface area contributed by atoms with Crippen LogP contribution in [-0.4, -0.2) is 33.9 Å². The highest BCUT2D eigenvalue weighted by Gasteiger charge is 2.44. The summed E-state index contributed by atoms with van der Waals surface area (Å²) in [7, 11) is 1.56. The van der Waals surface area contributed by atoms with E-state index in [4.69, 9.17) is 16.3 Å². The highest BCUT2D eigenvalue weighted by molar-refractivity contribution is 6.31. The lowest BCUT2D eigenvalue weighted by atomic mass is 9.98. The number of carbonyl (C=O) groups is 1. The van der Waals surface area contributed by atoms with Crippen LogP contribution in [0.25, 0.3) is 0 Å². The quantitative estimate of drug-likeness (QED) is 0.849. The summed E-state index contributed by atoms with van der Waals surface area (Å²) in [6, 6.07) is 5.36. The Morgan fingerprint density at radius 1 is 1.39 bits per heavy atom. The molecule has 2 aliphatic rings. The van der Waals surface area contributed by atoms with Crippen LogP contribution in [0.2, 0.25) is 5.02 Å². The van der Waals surface area contributed by atoms with Crippen molar-refractivity contribution in [1.82, 2.24) is 14.9 Å². The summed E-state index contributed by atoms with van der Waals surface area (Å²) in [5.41, 5.74) is 2.64. The number of ether oxygens (including phenoxy) is 1. The van der Waals surface area contributed by atoms with Crippen molar-refractivity contribution >= 4 is 17.5 Å². The number of aromatic nitrogens is 2. The van der Waals surface area contributed by atoms with Crippen LogP contribution in [0.4, 0.5) is 0 Å². The molecule has 1 saturated heterocycles. The molecule has 2 atom stereocenters. The minimum absolute atomic E-state index is 0.0358. The van der Waals surface area contributed by atoms with Gasteiger partial charge in [-0.2, -0.15) is 0 Å². The number of nitrogens with zero attached hydrogens (tertiary/aromatic N) is 3. The fourth-order valence-corrected chi connectivity index (χ4v) is 3.89. The van der Waals surface area contributed by atoms with Gasteiger partial charge in [0.25, 0.3) is 5.91 Å². The maximum atomic E-state index is 13.1. The number of amides is 1. The Hall–Kier alpha value is -2.14. The maximum absolute atomic E-state index is 13.1. The van der Waals surface area contributed by atoms with Crippen molar-refractivity contribution in [1.29, 1.82) is 0 Å². The number of carbonyl (C=O) groups excluding carboxylic acids is 1. The predicted molar refractivity (Wildman–Crippen MR) is 85.7 cm³/mol. The molecule has 1 aromatic heterocycles. The molecule has 4 rings (SSSR count). The Labute approximate surface area is 139 Å². The minimum Gasteiger partial charge on any atom is -0.496 e. The number of benzene rings is 1. The van der Waals surface area contributed by atoms with E-state index in [1.165, 1.54) is 0 Å². The molecule has 118 valence electrons. The standard InChI is InChI=1S/C17H16ClN3O2/c1-23-16-5-2-10(18)6-12(16)17(22)21-11-3-4-15(21)13-8-19-9-20-14(13)7-11/h2,5-6,8-9,11,15H,3-4,7H2,1H3. The van der Waals surface area contributed by atoms with Crippen LogP contribution in [-0.2, 0) is 6.42 Å². The third-order valence-electron chi connectivity index (χ3n) is 4.74. The summed E-state index contributed by atoms with van der Waals surface area (Å²) in [6.07, 6.45) is 6.12. The summed E-state index contributed by atoms with van der Waals surface area (Å²) in [5.74, 6) is 0.514. The zero-order valence-corrected chi connectivity index (χ0v) is 13.5. The second-order valence-electron chi connectivity index (χ2n) is 5.93. The SMILES string of the molecule is COc1ccc(Cl)cc1C(=O)N1C2CCC1c1cncnc1C2. The average molecular weight is 330 g/mol. The van der Waals surface area contributed by atoms with E-state index in [2.05, 4.69) is 9.97 Å². The van der Waals surface area contributed by atoms with Crippen LogP contribution in [0, 0.1) is 0 Å². The maximum Gasteiger partial charge on any atom is 0.258 e. The van der Waals surface area contributed by atoms with Crippen LogP contribution < -0.4 is 4.74 Å². The molecule has 3 heterocycles. The van der Waals surface area contributed by atoms with Crippen molar-refractivity contribution in [2.24, 2.45) is 0 Å². The van der Waals surface area contributed by atoms with E-state index in [0.29, 0.717) is 16.3 Å². The van der Waals surface area contributed by atoms with Gasteiger partial charge in [-0.05, 0) is 31.0 Å². The number of hydrogen-bond acceptors (Lipinski definition) is 4. The number of halogens is 1. The molecule has 0 aliphatic carbocycles. The van der Waals surface area contributed by atoms with Gasteiger partial charge < -0.3 is 9.64 Å². The second-order valence-corrected chi connectivity index (χ2v) is 6.37. The minimum atomic E-state index is -0.0358. The first-order valence-electron chi connectivity index (χ1n) is 7.64. The molecular formula is C17H16ClN3O2. The van der Waals surface area contributed by atoms with Gasteiger partial charge in [0.05, 0.1) is 24.4 Å². The number of rotatable bonds is 2. The molecule has 0 spiro atoms. The van der Waals surface area contributed by atoms with Crippen LogP contribution in [0.5, 0.6) is 5.75 Å². The van der Waals surface area contributed by atoms with Gasteiger partial charge in [-0.25, -0.2) is 9.97 Å². The molecule has 2 bridgehead atoms. The Morgan fingerprint density at radius 3 is 3.09 bits per heavy atom. The van der Waals surface area contributed by atoms with E-state index in [1.54, 1.807) is 31.6 Å². The zero-order chi connectivity index (χ0) is 16.0. The highest BCUT2D eigenvalue weighted by atomic mass is 35.5. The highest BCUT2D eigenvalue weighted by Crippen LogP contribution is 2.44. The smallest absolute Gasteiger partial charge is 0.258 e. The van der Waals surface area contributed by atoms with E-state index in [0.717, 1.165) is 30.5 Å². The molecule has 0 radical (unpaired) electrons. The summed E-state index contributed by atoms with van der Waals surface area (Å²) >= 11 is 6.08. The van der Waals surface area contributed by atoms with E-state index in [9.17, 15) is 4.79 Å². The van der Waals surface area contributed by atoms with Crippen LogP contribution in [0.1, 0.15) is 40.5 Å². The molecule has 23 heavy (non-hydrogen) atoms. The molecule has 6 heteroatoms. The number of hydrogen-bond donors (Lipinski definition) is 0. The molecule has 1 amide bonds. The summed E-state index contributed by atoms with van der Waals surface area (Å²) in [5, 5.41) is 0.530. The van der Waals surface area contributed by atoms with Gasteiger partial charge in [0, 0.05) is 29.2 Å². The molecule has 2 unspecified atom stereocenters. The Balaban J connectivity index is 1.75. The monoisotopic (exact) mass is 329 g/mol. The van der Waals surface area contributed by atoms with Crippen molar-refractivity contribution in [3.8, 4) is 5.75 Å². The van der Waals surface area contributed by atoms with E-state index >= 15 is 0 Å². The lowest BCUT2D eigenvalue weighted by Gasteiger charge is -2.35. The first-order valence-corrected chi connectivity index (χ1v) is 8.02. The molecule has 2 aromatic rings. The fraction of sp³-hybridized carbons (Fsp3) is 0.353. The fourth-order valence-electron chi connectivity index (χ4n) is 3.72. The molecular weight excluding hydrogens is 314 g/mol. The van der Waals surface area contributed by atoms with E-state index in [1.807, 2.05) is 11.1 Å². The Bertz CT molecular complexity index is 780. The summed E-state index contributed by atoms with van der Waals surface area (Å²) in [4.78, 5) is 23.6. The van der Waals surface area contributed by atoms with Crippen LogP contribution in [0.3, 0.4) is 0 Å². The van der Waals surface area contributed by atoms with Gasteiger partial charge in [0.2, 0.25) is 0 Å². The third-order valence-corrected chi connectivity index (χ3v) is 4.98. The van der Waals surface area contributed by atoms with Crippen LogP contribution in [0.15, 0.2) is 30.7 Å². The van der Waals surface area contributed by atoms with Gasteiger partial charge in [0.1, 0.15) is 12.1 Å². The summed E-state index contributed by atoms with van der Waals surface area (Å²) in [6.45, 7) is 0. The zero-order valence-electron chi connectivity index (χ0n) is 12.7. The van der Waals surface area contributed by atoms with Gasteiger partial charge in [-0.15, -0.1) is 0 Å². The first kappa shape index (κ1) is 14.5. The van der Waals surface area contributed by atoms with Crippen molar-refractivity contribution in [3.05, 3.63) is 52.6 Å². The van der Waals surface area contributed by atoms with Crippen LogP contribution >= 0.6 is 11.6 Å². The average Bonchev–Trinajstić information content (AvgIpc) is 2.89. The lowest BCUT2D eigenvalue weighted by Crippen LogP contribution is -2.42. The summed E-state index contributed by atoms with van der Waals surface area (Å²) < 4.78 is 5.34. The van der Waals surface area contributed by atoms with Crippen molar-refractivity contribution in [3.63, 3.8) is 0 Å². The third kappa shape index (κ3) is 2.27. The largest absolute Gasteiger partial charge is 0.496 e. The van der Waals surface area contributed by atoms with Crippen molar-refractivity contribution in [2.45, 2.75) is 31.3 Å². The molecule has 0 N–H and O–H groups in total. The number of methoxy groups -OCH3 is 1. The molecule has 1 fully saturated rings. The molecule has 0 saturated carbocycles. The van der Waals surface area contributed by atoms with Gasteiger partial charge in [0.15, 0.2) is 0 Å². The Morgan fingerprint density at radius 2 is 2.26 bits per heavy atom. The number of fused-ring (bicyclic) bond motifs is 4. The molecule has 1 aromatic carbocycles. The second kappa shape index (κ2) is 5.49. The van der Waals surface area contributed by atoms with Crippen molar-refractivity contribution < 1.29 is 9.53 Å². The lowest BCUT2D eigenvalue weighted by molar-refractivity contribution is 0.0640. The van der Waals surface area contributed by atoms with E-state index < -0.39 is 0 Å². The first-order chi connectivity index (χ1) is 11.2. The Kier molecular flexibility index (Phi) is 3.45.